The maximum Gasteiger partial charge on any atom is 0.269 e. The Morgan fingerprint density at radius 2 is 2.14 bits per heavy atom. The van der Waals surface area contributed by atoms with Gasteiger partial charge in [-0.2, -0.15) is 0 Å². The highest BCUT2D eigenvalue weighted by Gasteiger charge is 2.20. The maximum atomic E-state index is 13.8. The molecule has 1 N–H and O–H groups in total. The van der Waals surface area contributed by atoms with E-state index in [2.05, 4.69) is 15.3 Å². The number of hydrogen-bond acceptors (Lipinski definition) is 5. The summed E-state index contributed by atoms with van der Waals surface area (Å²) >= 11 is 6.04. The number of rotatable bonds is 1. The molecule has 0 spiro atoms. The van der Waals surface area contributed by atoms with Crippen molar-refractivity contribution in [1.29, 1.82) is 0 Å². The number of pyridine rings is 2. The van der Waals surface area contributed by atoms with Gasteiger partial charge in [-0.05, 0) is 49.7 Å². The molecule has 0 saturated heterocycles. The van der Waals surface area contributed by atoms with E-state index >= 15 is 0 Å². The van der Waals surface area contributed by atoms with Crippen LogP contribution in [0.5, 0.6) is 0 Å². The average Bonchev–Trinajstić information content (AvgIpc) is 2.73. The van der Waals surface area contributed by atoms with Crippen molar-refractivity contribution in [1.82, 2.24) is 15.3 Å². The van der Waals surface area contributed by atoms with Gasteiger partial charge in [-0.15, -0.1) is 0 Å². The third kappa shape index (κ3) is 4.16. The van der Waals surface area contributed by atoms with Crippen molar-refractivity contribution < 1.29 is 13.9 Å². The van der Waals surface area contributed by atoms with Gasteiger partial charge < -0.3 is 15.0 Å². The molecule has 3 aromatic rings. The van der Waals surface area contributed by atoms with E-state index in [9.17, 15) is 9.18 Å². The number of amides is 1. The van der Waals surface area contributed by atoms with Gasteiger partial charge in [0.25, 0.3) is 5.91 Å². The molecular formula is C21H20ClFN4O2. The summed E-state index contributed by atoms with van der Waals surface area (Å²) in [5.74, 6) is -0.729. The predicted molar refractivity (Wildman–Crippen MR) is 110 cm³/mol. The maximum absolute atomic E-state index is 13.8. The Hall–Kier alpha value is -2.77. The topological polar surface area (TPSA) is 67.4 Å². The number of ether oxygens (including phenoxy) is 1. The molecule has 29 heavy (non-hydrogen) atoms. The SMILES string of the molecule is C[C@H]1CN(c2ccc(F)c(Cl)c2)c2ccnc3ccc(nc23)C(=O)NCCCO1. The Bertz CT molecular complexity index is 1060. The van der Waals surface area contributed by atoms with Crippen LogP contribution in [-0.4, -0.2) is 41.7 Å². The van der Waals surface area contributed by atoms with Crippen molar-refractivity contribution >= 4 is 39.9 Å². The van der Waals surface area contributed by atoms with Crippen LogP contribution < -0.4 is 10.2 Å². The van der Waals surface area contributed by atoms with Crippen molar-refractivity contribution in [2.24, 2.45) is 0 Å². The molecule has 1 aromatic carbocycles. The van der Waals surface area contributed by atoms with E-state index in [1.165, 1.54) is 6.07 Å². The van der Waals surface area contributed by atoms with Crippen LogP contribution in [-0.2, 0) is 4.74 Å². The highest BCUT2D eigenvalue weighted by molar-refractivity contribution is 6.31. The Morgan fingerprint density at radius 3 is 2.97 bits per heavy atom. The van der Waals surface area contributed by atoms with Crippen LogP contribution in [0.1, 0.15) is 23.8 Å². The molecule has 150 valence electrons. The molecule has 1 amide bonds. The molecule has 0 aliphatic carbocycles. The van der Waals surface area contributed by atoms with Gasteiger partial charge in [0.2, 0.25) is 0 Å². The van der Waals surface area contributed by atoms with Gasteiger partial charge in [0.05, 0.1) is 22.3 Å². The molecule has 2 aromatic heterocycles. The predicted octanol–water partition coefficient (Wildman–Crippen LogP) is 4.10. The summed E-state index contributed by atoms with van der Waals surface area (Å²) in [6.07, 6.45) is 2.25. The van der Waals surface area contributed by atoms with E-state index in [0.717, 1.165) is 5.69 Å². The molecule has 2 bridgehead atoms. The van der Waals surface area contributed by atoms with Crippen LogP contribution >= 0.6 is 11.6 Å². The van der Waals surface area contributed by atoms with E-state index in [4.69, 9.17) is 16.3 Å². The second kappa shape index (κ2) is 8.31. The van der Waals surface area contributed by atoms with Crippen LogP contribution in [0.25, 0.3) is 11.0 Å². The second-order valence-corrected chi connectivity index (χ2v) is 7.30. The first-order valence-electron chi connectivity index (χ1n) is 9.41. The minimum Gasteiger partial charge on any atom is -0.377 e. The van der Waals surface area contributed by atoms with Crippen molar-refractivity contribution in [2.45, 2.75) is 19.4 Å². The average molecular weight is 415 g/mol. The Balaban J connectivity index is 1.89. The largest absolute Gasteiger partial charge is 0.377 e. The lowest BCUT2D eigenvalue weighted by Crippen LogP contribution is -2.30. The van der Waals surface area contributed by atoms with Gasteiger partial charge in [0.1, 0.15) is 17.0 Å². The van der Waals surface area contributed by atoms with Gasteiger partial charge in [-0.3, -0.25) is 9.78 Å². The summed E-state index contributed by atoms with van der Waals surface area (Å²) in [6, 6.07) is 9.82. The molecule has 0 unspecified atom stereocenters. The summed E-state index contributed by atoms with van der Waals surface area (Å²) in [5.41, 5.74) is 2.98. The van der Waals surface area contributed by atoms with Crippen molar-refractivity contribution in [3.05, 3.63) is 59.1 Å². The standard InChI is InChI=1S/C21H20ClFN4O2/c1-13-12-27(14-3-4-16(23)15(22)11-14)19-7-9-24-17-5-6-18(26-20(17)19)21(28)25-8-2-10-29-13/h3-7,9,11,13H,2,8,10,12H2,1H3,(H,25,28)/t13-/m0/s1. The summed E-state index contributed by atoms with van der Waals surface area (Å²) in [4.78, 5) is 23.4. The number of carbonyl (C=O) groups is 1. The molecule has 0 fully saturated rings. The zero-order valence-corrected chi connectivity index (χ0v) is 16.6. The molecular weight excluding hydrogens is 395 g/mol. The number of fused-ring (bicyclic) bond motifs is 1. The summed E-state index contributed by atoms with van der Waals surface area (Å²) in [7, 11) is 0. The fraction of sp³-hybridized carbons (Fsp3) is 0.286. The van der Waals surface area contributed by atoms with Gasteiger partial charge in [-0.25, -0.2) is 9.37 Å². The van der Waals surface area contributed by atoms with E-state index < -0.39 is 5.82 Å². The van der Waals surface area contributed by atoms with Gasteiger partial charge in [0.15, 0.2) is 0 Å². The van der Waals surface area contributed by atoms with E-state index in [0.29, 0.717) is 48.5 Å². The second-order valence-electron chi connectivity index (χ2n) is 6.89. The minimum absolute atomic E-state index is 0.0328. The number of benzene rings is 1. The first-order chi connectivity index (χ1) is 14.0. The third-order valence-corrected chi connectivity index (χ3v) is 5.04. The van der Waals surface area contributed by atoms with Crippen LogP contribution in [0.15, 0.2) is 42.6 Å². The molecule has 0 saturated carbocycles. The monoisotopic (exact) mass is 414 g/mol. The lowest BCUT2D eigenvalue weighted by atomic mass is 10.2. The number of nitrogens with one attached hydrogen (secondary N) is 1. The first kappa shape index (κ1) is 19.5. The van der Waals surface area contributed by atoms with Crippen LogP contribution in [0.2, 0.25) is 5.02 Å². The smallest absolute Gasteiger partial charge is 0.269 e. The highest BCUT2D eigenvalue weighted by atomic mass is 35.5. The van der Waals surface area contributed by atoms with Crippen LogP contribution in [0.3, 0.4) is 0 Å². The molecule has 6 nitrogen and oxygen atoms in total. The number of anilines is 2. The normalized spacial score (nSPS) is 18.1. The first-order valence-corrected chi connectivity index (χ1v) is 9.79. The third-order valence-electron chi connectivity index (χ3n) is 4.75. The highest BCUT2D eigenvalue weighted by Crippen LogP contribution is 2.33. The number of aromatic nitrogens is 2. The number of carbonyl (C=O) groups excluding carboxylic acids is 1. The van der Waals surface area contributed by atoms with Gasteiger partial charge >= 0.3 is 0 Å². The zero-order chi connectivity index (χ0) is 20.4. The minimum atomic E-state index is -0.484. The van der Waals surface area contributed by atoms with Gasteiger partial charge in [0, 0.05) is 31.6 Å². The van der Waals surface area contributed by atoms with Crippen molar-refractivity contribution in [3.63, 3.8) is 0 Å². The lowest BCUT2D eigenvalue weighted by Gasteiger charge is -2.29. The lowest BCUT2D eigenvalue weighted by molar-refractivity contribution is 0.0694. The molecule has 0 radical (unpaired) electrons. The quantitative estimate of drug-likeness (QED) is 0.649. The number of halogens is 2. The summed E-state index contributed by atoms with van der Waals surface area (Å²) in [5, 5.41) is 2.89. The van der Waals surface area contributed by atoms with E-state index in [1.807, 2.05) is 17.9 Å². The summed E-state index contributed by atoms with van der Waals surface area (Å²) in [6.45, 7) is 3.48. The Kier molecular flexibility index (Phi) is 5.60. The Morgan fingerprint density at radius 1 is 1.28 bits per heavy atom. The molecule has 8 heteroatoms. The molecule has 1 atom stereocenters. The summed E-state index contributed by atoms with van der Waals surface area (Å²) < 4.78 is 19.7. The zero-order valence-electron chi connectivity index (χ0n) is 15.9. The van der Waals surface area contributed by atoms with Gasteiger partial charge in [-0.1, -0.05) is 11.6 Å². The molecule has 3 heterocycles. The Labute approximate surface area is 172 Å². The van der Waals surface area contributed by atoms with E-state index in [-0.39, 0.29) is 17.0 Å². The van der Waals surface area contributed by atoms with Crippen LogP contribution in [0.4, 0.5) is 15.8 Å². The number of hydrogen-bond donors (Lipinski definition) is 1. The fourth-order valence-electron chi connectivity index (χ4n) is 3.31. The van der Waals surface area contributed by atoms with E-state index in [1.54, 1.807) is 30.5 Å². The molecule has 1 aliphatic rings. The fourth-order valence-corrected chi connectivity index (χ4v) is 3.49. The molecule has 1 aliphatic heterocycles. The van der Waals surface area contributed by atoms with Crippen LogP contribution in [0, 0.1) is 5.82 Å². The molecule has 4 rings (SSSR count). The van der Waals surface area contributed by atoms with Crippen molar-refractivity contribution in [3.8, 4) is 0 Å². The van der Waals surface area contributed by atoms with Crippen molar-refractivity contribution in [2.75, 3.05) is 24.6 Å². The number of nitrogens with zero attached hydrogens (tertiary/aromatic N) is 3.